The van der Waals surface area contributed by atoms with E-state index in [1.165, 1.54) is 30.5 Å². The van der Waals surface area contributed by atoms with Crippen molar-refractivity contribution in [3.05, 3.63) is 76.3 Å². The van der Waals surface area contributed by atoms with Crippen LogP contribution in [0.1, 0.15) is 22.6 Å². The van der Waals surface area contributed by atoms with Crippen molar-refractivity contribution in [3.63, 3.8) is 0 Å². The summed E-state index contributed by atoms with van der Waals surface area (Å²) in [5.74, 6) is 0.465. The van der Waals surface area contributed by atoms with Crippen LogP contribution in [0.25, 0.3) is 0 Å². The van der Waals surface area contributed by atoms with Crippen LogP contribution in [0.3, 0.4) is 0 Å². The number of ether oxygens (including phenoxy) is 2. The van der Waals surface area contributed by atoms with E-state index in [-0.39, 0.29) is 46.4 Å². The Balaban J connectivity index is 1.53. The van der Waals surface area contributed by atoms with Gasteiger partial charge in [-0.25, -0.2) is 9.97 Å². The summed E-state index contributed by atoms with van der Waals surface area (Å²) in [6.07, 6.45) is -2.88. The van der Waals surface area contributed by atoms with Gasteiger partial charge in [-0.15, -0.1) is 0 Å². The first-order chi connectivity index (χ1) is 17.1. The first-order valence-electron chi connectivity index (χ1n) is 10.5. The third-order valence-electron chi connectivity index (χ3n) is 4.98. The van der Waals surface area contributed by atoms with Gasteiger partial charge in [0.05, 0.1) is 17.8 Å². The van der Waals surface area contributed by atoms with Gasteiger partial charge >= 0.3 is 12.8 Å². The molecule has 13 heteroatoms. The van der Waals surface area contributed by atoms with E-state index in [4.69, 9.17) is 21.2 Å². The second kappa shape index (κ2) is 10.5. The first-order valence-corrected chi connectivity index (χ1v) is 10.8. The van der Waals surface area contributed by atoms with Crippen LogP contribution < -0.4 is 14.8 Å². The molecule has 2 aromatic carbocycles. The quantitative estimate of drug-likeness (QED) is 0.394. The maximum atomic E-state index is 13.1. The number of aromatic nitrogens is 2. The van der Waals surface area contributed by atoms with Crippen molar-refractivity contribution in [1.29, 1.82) is 0 Å². The van der Waals surface area contributed by atoms with E-state index in [9.17, 15) is 22.0 Å². The van der Waals surface area contributed by atoms with E-state index < -0.39 is 18.4 Å². The van der Waals surface area contributed by atoms with Gasteiger partial charge in [0.25, 0.3) is 0 Å². The predicted octanol–water partition coefficient (Wildman–Crippen LogP) is 5.74. The highest BCUT2D eigenvalue weighted by atomic mass is 35.5. The second-order valence-corrected chi connectivity index (χ2v) is 8.08. The van der Waals surface area contributed by atoms with Gasteiger partial charge in [-0.2, -0.15) is 22.0 Å². The molecule has 0 bridgehead atoms. The Hall–Kier alpha value is -3.67. The van der Waals surface area contributed by atoms with Crippen LogP contribution in [0.15, 0.2) is 53.8 Å². The van der Waals surface area contributed by atoms with Crippen LogP contribution in [0.2, 0.25) is 5.02 Å². The molecule has 0 spiro atoms. The number of hydrogen-bond acceptors (Lipinski definition) is 7. The normalized spacial score (nSPS) is 15.7. The Morgan fingerprint density at radius 3 is 2.69 bits per heavy atom. The molecule has 0 saturated heterocycles. The number of benzene rings is 2. The Morgan fingerprint density at radius 1 is 1.17 bits per heavy atom. The van der Waals surface area contributed by atoms with Crippen LogP contribution in [0.5, 0.6) is 17.2 Å². The predicted molar refractivity (Wildman–Crippen MR) is 119 cm³/mol. The Labute approximate surface area is 206 Å². The molecule has 1 aromatic heterocycles. The molecule has 0 aliphatic carbocycles. The zero-order valence-electron chi connectivity index (χ0n) is 18.5. The van der Waals surface area contributed by atoms with Crippen LogP contribution >= 0.6 is 11.6 Å². The number of alkyl halides is 5. The molecule has 0 unspecified atom stereocenters. The van der Waals surface area contributed by atoms with Gasteiger partial charge in [-0.05, 0) is 49.2 Å². The summed E-state index contributed by atoms with van der Waals surface area (Å²) in [7, 11) is 0. The molecule has 2 heterocycles. The fraction of sp³-hybridized carbons (Fsp3) is 0.261. The highest BCUT2D eigenvalue weighted by Crippen LogP contribution is 2.33. The van der Waals surface area contributed by atoms with Crippen molar-refractivity contribution in [2.75, 3.05) is 6.61 Å². The molecule has 1 atom stereocenters. The number of rotatable bonds is 7. The molecule has 1 aliphatic rings. The van der Waals surface area contributed by atoms with Crippen molar-refractivity contribution < 1.29 is 36.3 Å². The molecule has 1 aliphatic heterocycles. The lowest BCUT2D eigenvalue weighted by Gasteiger charge is -2.25. The smallest absolute Gasteiger partial charge is 0.416 e. The van der Waals surface area contributed by atoms with Crippen LogP contribution in [0.4, 0.5) is 22.0 Å². The second-order valence-electron chi connectivity index (χ2n) is 7.67. The molecule has 1 N–H and O–H groups in total. The maximum absolute atomic E-state index is 13.1. The third-order valence-corrected chi connectivity index (χ3v) is 5.33. The van der Waals surface area contributed by atoms with Crippen molar-refractivity contribution in [2.45, 2.75) is 32.2 Å². The standard InChI is InChI=1S/C23H18ClF5N4O3/c1-12-30-10-19(35-16-4-2-3-14(8-16)23(27,28)29)20(31-12)21-32-15(11-34-33-21)7-13-5-6-17(9-18(13)24)36-22(25)26/h2-6,8-10,15,22H,7,11H2,1H3,(H,32,33)/t15-/m1/s1. The summed E-state index contributed by atoms with van der Waals surface area (Å²) in [6, 6.07) is 8.27. The monoisotopic (exact) mass is 528 g/mol. The molecule has 0 amide bonds. The zero-order chi connectivity index (χ0) is 25.9. The highest BCUT2D eigenvalue weighted by molar-refractivity contribution is 6.31. The summed E-state index contributed by atoms with van der Waals surface area (Å²) in [4.78, 5) is 13.7. The van der Waals surface area contributed by atoms with Gasteiger partial charge in [0.2, 0.25) is 0 Å². The van der Waals surface area contributed by atoms with Crippen LogP contribution in [0, 0.1) is 6.92 Å². The minimum absolute atomic E-state index is 0.0574. The van der Waals surface area contributed by atoms with Crippen molar-refractivity contribution in [1.82, 2.24) is 15.3 Å². The fourth-order valence-corrected chi connectivity index (χ4v) is 3.62. The summed E-state index contributed by atoms with van der Waals surface area (Å²) in [6.45, 7) is -1.19. The summed E-state index contributed by atoms with van der Waals surface area (Å²) < 4.78 is 74.1. The van der Waals surface area contributed by atoms with E-state index in [0.717, 1.165) is 12.1 Å². The van der Waals surface area contributed by atoms with Crippen molar-refractivity contribution in [3.8, 4) is 17.2 Å². The molecule has 3 aromatic rings. The maximum Gasteiger partial charge on any atom is 0.416 e. The minimum atomic E-state index is -4.53. The Kier molecular flexibility index (Phi) is 7.43. The molecule has 4 rings (SSSR count). The minimum Gasteiger partial charge on any atom is -0.453 e. The highest BCUT2D eigenvalue weighted by Gasteiger charge is 2.31. The topological polar surface area (TPSA) is 77.9 Å². The molecule has 0 saturated carbocycles. The van der Waals surface area contributed by atoms with Crippen molar-refractivity contribution >= 4 is 17.4 Å². The zero-order valence-corrected chi connectivity index (χ0v) is 19.3. The van der Waals surface area contributed by atoms with E-state index in [1.54, 1.807) is 13.0 Å². The average molecular weight is 529 g/mol. The lowest BCUT2D eigenvalue weighted by Crippen LogP contribution is -2.44. The molecular weight excluding hydrogens is 511 g/mol. The largest absolute Gasteiger partial charge is 0.453 e. The summed E-state index contributed by atoms with van der Waals surface area (Å²) in [5.41, 5.74) is -0.0516. The number of nitrogens with one attached hydrogen (secondary N) is 1. The number of oxime groups is 1. The van der Waals surface area contributed by atoms with Gasteiger partial charge < -0.3 is 19.6 Å². The van der Waals surface area contributed by atoms with Gasteiger partial charge in [0.1, 0.15) is 23.9 Å². The summed E-state index contributed by atoms with van der Waals surface area (Å²) in [5, 5.41) is 7.35. The lowest BCUT2D eigenvalue weighted by atomic mass is 10.1. The molecule has 7 nitrogen and oxygen atoms in total. The van der Waals surface area contributed by atoms with Gasteiger partial charge in [-0.1, -0.05) is 28.9 Å². The summed E-state index contributed by atoms with van der Waals surface area (Å²) >= 11 is 6.22. The molecule has 190 valence electrons. The first kappa shape index (κ1) is 25.4. The average Bonchev–Trinajstić information content (AvgIpc) is 2.81. The van der Waals surface area contributed by atoms with Gasteiger partial charge in [0.15, 0.2) is 17.3 Å². The number of nitrogens with zero attached hydrogens (tertiary/aromatic N) is 3. The fourth-order valence-electron chi connectivity index (χ4n) is 3.38. The number of hydrogen-bond donors (Lipinski definition) is 1. The number of amidine groups is 1. The van der Waals surface area contributed by atoms with E-state index >= 15 is 0 Å². The van der Waals surface area contributed by atoms with E-state index in [1.807, 2.05) is 0 Å². The van der Waals surface area contributed by atoms with Crippen LogP contribution in [-0.4, -0.2) is 35.1 Å². The molecule has 0 radical (unpaired) electrons. The number of halogens is 6. The van der Waals surface area contributed by atoms with E-state index in [0.29, 0.717) is 17.8 Å². The van der Waals surface area contributed by atoms with Crippen LogP contribution in [-0.2, 0) is 17.4 Å². The Morgan fingerprint density at radius 2 is 1.97 bits per heavy atom. The van der Waals surface area contributed by atoms with Gasteiger partial charge in [0, 0.05) is 5.02 Å². The van der Waals surface area contributed by atoms with E-state index in [2.05, 4.69) is 25.2 Å². The Bertz CT molecular complexity index is 1270. The molecular formula is C23H18ClF5N4O3. The third kappa shape index (κ3) is 6.30. The SMILES string of the molecule is Cc1ncc(Oc2cccc(C(F)(F)F)c2)c(C2=NOC[C@@H](Cc3ccc(OC(F)F)cc3Cl)N2)n1. The number of aryl methyl sites for hydroxylation is 1. The molecule has 0 fully saturated rings. The molecule has 36 heavy (non-hydrogen) atoms. The lowest BCUT2D eigenvalue weighted by molar-refractivity contribution is -0.137. The van der Waals surface area contributed by atoms with Crippen molar-refractivity contribution in [2.24, 2.45) is 5.16 Å². The van der Waals surface area contributed by atoms with Gasteiger partial charge in [-0.3, -0.25) is 0 Å².